The van der Waals surface area contributed by atoms with Gasteiger partial charge in [0.15, 0.2) is 0 Å². The summed E-state index contributed by atoms with van der Waals surface area (Å²) in [6.45, 7) is 5.65. The molecular weight excluding hydrogens is 374 g/mol. The van der Waals surface area contributed by atoms with Gasteiger partial charge in [-0.05, 0) is 18.4 Å². The molecule has 7 heteroatoms. The first-order valence-electron chi connectivity index (χ1n) is 9.72. The number of nitrogens with zero attached hydrogens (tertiary/aromatic N) is 2. The Kier molecular flexibility index (Phi) is 6.67. The van der Waals surface area contributed by atoms with Gasteiger partial charge in [0, 0.05) is 43.7 Å². The lowest BCUT2D eigenvalue weighted by Gasteiger charge is -2.29. The highest BCUT2D eigenvalue weighted by molar-refractivity contribution is 8.00. The van der Waals surface area contributed by atoms with Crippen LogP contribution in [0.4, 0.5) is 0 Å². The van der Waals surface area contributed by atoms with Crippen molar-refractivity contribution in [3.05, 3.63) is 29.8 Å². The van der Waals surface area contributed by atoms with Gasteiger partial charge in [-0.15, -0.1) is 0 Å². The Labute approximate surface area is 170 Å². The van der Waals surface area contributed by atoms with Crippen LogP contribution in [-0.4, -0.2) is 53.8 Å². The number of methoxy groups -OCH3 is 1. The number of thioether (sulfide) groups is 1. The fourth-order valence-corrected chi connectivity index (χ4v) is 4.74. The van der Waals surface area contributed by atoms with Gasteiger partial charge in [-0.2, -0.15) is 0 Å². The number of carbonyl (C=O) groups excluding carboxylic acids is 2. The third-order valence-corrected chi connectivity index (χ3v) is 6.29. The number of fused-ring (bicyclic) bond motifs is 3. The van der Waals surface area contributed by atoms with Gasteiger partial charge < -0.3 is 19.5 Å². The smallest absolute Gasteiger partial charge is 0.247 e. The van der Waals surface area contributed by atoms with Crippen molar-refractivity contribution in [3.8, 4) is 0 Å². The first-order chi connectivity index (χ1) is 13.5. The van der Waals surface area contributed by atoms with Gasteiger partial charge in [-0.3, -0.25) is 9.59 Å². The van der Waals surface area contributed by atoms with Gasteiger partial charge in [-0.1, -0.05) is 43.8 Å². The minimum atomic E-state index is -0.647. The minimum Gasteiger partial charge on any atom is -0.383 e. The predicted molar refractivity (Wildman–Crippen MR) is 112 cm³/mol. The SMILES string of the molecule is COCCN1C(=O)CSc2c(c3ccccc3n2C)C1C(=O)NCCC(C)C. The molecule has 2 amide bonds. The van der Waals surface area contributed by atoms with E-state index in [0.29, 0.717) is 31.4 Å². The average Bonchev–Trinajstić information content (AvgIpc) is 2.85. The van der Waals surface area contributed by atoms with Crippen LogP contribution >= 0.6 is 11.8 Å². The number of aryl methyl sites for hydroxylation is 1. The van der Waals surface area contributed by atoms with E-state index in [-0.39, 0.29) is 11.8 Å². The minimum absolute atomic E-state index is 0.0358. The summed E-state index contributed by atoms with van der Waals surface area (Å²) >= 11 is 1.51. The summed E-state index contributed by atoms with van der Waals surface area (Å²) in [6.07, 6.45) is 0.904. The first kappa shape index (κ1) is 20.7. The van der Waals surface area contributed by atoms with Gasteiger partial charge in [0.05, 0.1) is 17.4 Å². The van der Waals surface area contributed by atoms with Crippen LogP contribution in [0, 0.1) is 5.92 Å². The summed E-state index contributed by atoms with van der Waals surface area (Å²) in [5.74, 6) is 0.664. The second-order valence-corrected chi connectivity index (χ2v) is 8.50. The number of amides is 2. The fourth-order valence-electron chi connectivity index (χ4n) is 3.65. The molecule has 28 heavy (non-hydrogen) atoms. The Balaban J connectivity index is 2.07. The van der Waals surface area contributed by atoms with E-state index in [1.807, 2.05) is 25.2 Å². The van der Waals surface area contributed by atoms with Gasteiger partial charge in [-0.25, -0.2) is 0 Å². The molecule has 6 nitrogen and oxygen atoms in total. The zero-order valence-corrected chi connectivity index (χ0v) is 17.8. The van der Waals surface area contributed by atoms with E-state index in [1.54, 1.807) is 12.0 Å². The molecule has 152 valence electrons. The van der Waals surface area contributed by atoms with E-state index in [4.69, 9.17) is 4.74 Å². The zero-order chi connectivity index (χ0) is 20.3. The lowest BCUT2D eigenvalue weighted by atomic mass is 10.0. The molecule has 1 N–H and O–H groups in total. The maximum Gasteiger partial charge on any atom is 0.247 e. The molecule has 0 spiro atoms. The van der Waals surface area contributed by atoms with Gasteiger partial charge in [0.1, 0.15) is 6.04 Å². The number of para-hydroxylation sites is 1. The number of rotatable bonds is 7. The third-order valence-electron chi connectivity index (χ3n) is 5.13. The van der Waals surface area contributed by atoms with E-state index >= 15 is 0 Å². The average molecular weight is 404 g/mol. The summed E-state index contributed by atoms with van der Waals surface area (Å²) in [7, 11) is 3.61. The normalized spacial score (nSPS) is 17.1. The standard InChI is InChI=1S/C21H29N3O3S/c1-14(2)9-10-22-20(26)19-18-15-7-5-6-8-16(15)23(3)21(18)28-13-17(25)24(19)11-12-27-4/h5-8,14,19H,9-13H2,1-4H3,(H,22,26). The molecule has 3 rings (SSSR count). The number of aromatic nitrogens is 1. The monoisotopic (exact) mass is 403 g/mol. The molecule has 1 atom stereocenters. The van der Waals surface area contributed by atoms with Crippen LogP contribution in [0.25, 0.3) is 10.9 Å². The predicted octanol–water partition coefficient (Wildman–Crippen LogP) is 2.96. The molecule has 1 unspecified atom stereocenters. The Morgan fingerprint density at radius 2 is 2.11 bits per heavy atom. The Hall–Kier alpha value is -1.99. The number of nitrogens with one attached hydrogen (secondary N) is 1. The van der Waals surface area contributed by atoms with Crippen molar-refractivity contribution < 1.29 is 14.3 Å². The van der Waals surface area contributed by atoms with Crippen LogP contribution in [0.15, 0.2) is 29.3 Å². The van der Waals surface area contributed by atoms with Gasteiger partial charge in [0.2, 0.25) is 11.8 Å². The fraction of sp³-hybridized carbons (Fsp3) is 0.524. The maximum absolute atomic E-state index is 13.3. The van der Waals surface area contributed by atoms with Crippen LogP contribution < -0.4 is 5.32 Å². The van der Waals surface area contributed by atoms with Crippen LogP contribution in [0.3, 0.4) is 0 Å². The molecule has 1 aromatic carbocycles. The van der Waals surface area contributed by atoms with Crippen LogP contribution in [0.1, 0.15) is 31.9 Å². The van der Waals surface area contributed by atoms with E-state index in [0.717, 1.165) is 27.9 Å². The second-order valence-electron chi connectivity index (χ2n) is 7.54. The van der Waals surface area contributed by atoms with Crippen LogP contribution in [-0.2, 0) is 21.4 Å². The van der Waals surface area contributed by atoms with E-state index < -0.39 is 6.04 Å². The highest BCUT2D eigenvalue weighted by atomic mass is 32.2. The molecule has 0 saturated heterocycles. The lowest BCUT2D eigenvalue weighted by molar-refractivity contribution is -0.139. The number of ether oxygens (including phenoxy) is 1. The molecule has 1 aliphatic heterocycles. The maximum atomic E-state index is 13.3. The highest BCUT2D eigenvalue weighted by Crippen LogP contribution is 2.41. The number of benzene rings is 1. The summed E-state index contributed by atoms with van der Waals surface area (Å²) in [4.78, 5) is 27.9. The number of carbonyl (C=O) groups is 2. The highest BCUT2D eigenvalue weighted by Gasteiger charge is 2.38. The topological polar surface area (TPSA) is 63.6 Å². The summed E-state index contributed by atoms with van der Waals surface area (Å²) in [5.41, 5.74) is 1.99. The molecule has 1 aliphatic rings. The third kappa shape index (κ3) is 4.05. The largest absolute Gasteiger partial charge is 0.383 e. The van der Waals surface area contributed by atoms with E-state index in [1.165, 1.54) is 11.8 Å². The molecule has 0 bridgehead atoms. The Morgan fingerprint density at radius 1 is 1.36 bits per heavy atom. The van der Waals surface area contributed by atoms with E-state index in [9.17, 15) is 9.59 Å². The summed E-state index contributed by atoms with van der Waals surface area (Å²) in [6, 6.07) is 7.42. The molecule has 0 fully saturated rings. The van der Waals surface area contributed by atoms with Crippen molar-refractivity contribution in [2.45, 2.75) is 31.3 Å². The van der Waals surface area contributed by atoms with Crippen molar-refractivity contribution in [2.24, 2.45) is 13.0 Å². The van der Waals surface area contributed by atoms with Crippen molar-refractivity contribution in [1.82, 2.24) is 14.8 Å². The van der Waals surface area contributed by atoms with E-state index in [2.05, 4.69) is 29.8 Å². The summed E-state index contributed by atoms with van der Waals surface area (Å²) < 4.78 is 7.31. The molecule has 0 radical (unpaired) electrons. The van der Waals surface area contributed by atoms with Gasteiger partial charge >= 0.3 is 0 Å². The first-order valence-corrected chi connectivity index (χ1v) is 10.7. The van der Waals surface area contributed by atoms with Crippen LogP contribution in [0.2, 0.25) is 0 Å². The molecular formula is C21H29N3O3S. The number of hydrogen-bond acceptors (Lipinski definition) is 4. The molecule has 0 aliphatic carbocycles. The second kappa shape index (κ2) is 9.01. The van der Waals surface area contributed by atoms with Crippen molar-refractivity contribution in [1.29, 1.82) is 0 Å². The Bertz CT molecular complexity index is 862. The number of hydrogen-bond donors (Lipinski definition) is 1. The Morgan fingerprint density at radius 3 is 2.82 bits per heavy atom. The van der Waals surface area contributed by atoms with Crippen molar-refractivity contribution in [3.63, 3.8) is 0 Å². The molecule has 1 aromatic heterocycles. The molecule has 2 heterocycles. The lowest BCUT2D eigenvalue weighted by Crippen LogP contribution is -2.45. The van der Waals surface area contributed by atoms with Gasteiger partial charge in [0.25, 0.3) is 0 Å². The summed E-state index contributed by atoms with van der Waals surface area (Å²) in [5, 5.41) is 5.07. The molecule has 0 saturated carbocycles. The molecule has 2 aromatic rings. The van der Waals surface area contributed by atoms with Crippen molar-refractivity contribution in [2.75, 3.05) is 32.6 Å². The van der Waals surface area contributed by atoms with Crippen LogP contribution in [0.5, 0.6) is 0 Å². The van der Waals surface area contributed by atoms with Crippen molar-refractivity contribution >= 4 is 34.5 Å². The zero-order valence-electron chi connectivity index (χ0n) is 17.0. The quantitative estimate of drug-likeness (QED) is 0.772.